The van der Waals surface area contributed by atoms with Crippen molar-refractivity contribution in [1.29, 1.82) is 5.26 Å². The Balaban J connectivity index is 3.08. The Hall–Kier alpha value is -1.01. The summed E-state index contributed by atoms with van der Waals surface area (Å²) in [6.07, 6.45) is 0. The molecule has 0 N–H and O–H groups in total. The quantitative estimate of drug-likeness (QED) is 0.748. The Morgan fingerprint density at radius 1 is 1.31 bits per heavy atom. The van der Waals surface area contributed by atoms with Crippen molar-refractivity contribution in [2.45, 2.75) is 44.8 Å². The predicted molar refractivity (Wildman–Crippen MR) is 68.6 cm³/mol. The van der Waals surface area contributed by atoms with Crippen LogP contribution in [0.15, 0.2) is 11.0 Å². The highest BCUT2D eigenvalue weighted by Crippen LogP contribution is 2.31. The van der Waals surface area contributed by atoms with Crippen LogP contribution >= 0.6 is 11.8 Å². The van der Waals surface area contributed by atoms with Crippen LogP contribution in [-0.2, 0) is 0 Å². The highest BCUT2D eigenvalue weighted by atomic mass is 32.2. The Kier molecular flexibility index (Phi) is 4.37. The molecule has 0 amide bonds. The van der Waals surface area contributed by atoms with Crippen molar-refractivity contribution in [2.24, 2.45) is 5.92 Å². The first kappa shape index (κ1) is 13.1. The van der Waals surface area contributed by atoms with Gasteiger partial charge in [0.15, 0.2) is 0 Å². The summed E-state index contributed by atoms with van der Waals surface area (Å²) < 4.78 is 0. The summed E-state index contributed by atoms with van der Waals surface area (Å²) in [4.78, 5) is 5.38. The van der Waals surface area contributed by atoms with Crippen molar-refractivity contribution in [2.75, 3.05) is 0 Å². The van der Waals surface area contributed by atoms with E-state index in [1.54, 1.807) is 11.8 Å². The van der Waals surface area contributed by atoms with E-state index in [4.69, 9.17) is 5.26 Å². The number of hydrogen-bond acceptors (Lipinski definition) is 3. The molecule has 1 rings (SSSR count). The van der Waals surface area contributed by atoms with Gasteiger partial charge in [-0.2, -0.15) is 5.26 Å². The highest BCUT2D eigenvalue weighted by molar-refractivity contribution is 8.00. The Morgan fingerprint density at radius 2 is 1.94 bits per heavy atom. The minimum atomic E-state index is 0.508. The molecule has 0 aromatic carbocycles. The van der Waals surface area contributed by atoms with E-state index < -0.39 is 0 Å². The Bertz CT molecular complexity index is 419. The first-order valence-electron chi connectivity index (χ1n) is 5.50. The third-order valence-corrected chi connectivity index (χ3v) is 4.15. The molecule has 0 aliphatic rings. The van der Waals surface area contributed by atoms with Gasteiger partial charge in [0.25, 0.3) is 0 Å². The average molecular weight is 234 g/mol. The lowest BCUT2D eigenvalue weighted by atomic mass is 10.1. The van der Waals surface area contributed by atoms with Gasteiger partial charge in [-0.3, -0.25) is 4.98 Å². The van der Waals surface area contributed by atoms with Gasteiger partial charge >= 0.3 is 0 Å². The van der Waals surface area contributed by atoms with E-state index in [9.17, 15) is 0 Å². The molecule has 0 saturated heterocycles. The van der Waals surface area contributed by atoms with E-state index in [2.05, 4.69) is 31.8 Å². The number of nitriles is 1. The number of aromatic nitrogens is 1. The van der Waals surface area contributed by atoms with Gasteiger partial charge in [0.2, 0.25) is 0 Å². The van der Waals surface area contributed by atoms with Gasteiger partial charge in [-0.05, 0) is 25.8 Å². The molecule has 0 aliphatic heterocycles. The minimum Gasteiger partial charge on any atom is -0.257 e. The molecule has 0 spiro atoms. The van der Waals surface area contributed by atoms with Crippen LogP contribution in [0, 0.1) is 31.1 Å². The molecule has 1 unspecified atom stereocenters. The summed E-state index contributed by atoms with van der Waals surface area (Å²) in [6, 6.07) is 4.26. The average Bonchev–Trinajstić information content (AvgIpc) is 2.16. The van der Waals surface area contributed by atoms with E-state index in [0.29, 0.717) is 11.2 Å². The Labute approximate surface area is 102 Å². The molecular formula is C13H18N2S. The van der Waals surface area contributed by atoms with Crippen LogP contribution in [0.2, 0.25) is 0 Å². The summed E-state index contributed by atoms with van der Waals surface area (Å²) >= 11 is 1.77. The molecule has 0 saturated carbocycles. The fraction of sp³-hybridized carbons (Fsp3) is 0.538. The molecule has 0 radical (unpaired) electrons. The third-order valence-electron chi connectivity index (χ3n) is 2.66. The van der Waals surface area contributed by atoms with Gasteiger partial charge in [0.05, 0.1) is 11.3 Å². The van der Waals surface area contributed by atoms with Crippen LogP contribution in [0.3, 0.4) is 0 Å². The lowest BCUT2D eigenvalue weighted by Gasteiger charge is -2.16. The van der Waals surface area contributed by atoms with Crippen molar-refractivity contribution < 1.29 is 0 Å². The van der Waals surface area contributed by atoms with Crippen LogP contribution in [0.4, 0.5) is 0 Å². The summed E-state index contributed by atoms with van der Waals surface area (Å²) in [5.74, 6) is 0.602. The van der Waals surface area contributed by atoms with E-state index in [-0.39, 0.29) is 0 Å². The molecule has 3 heteroatoms. The van der Waals surface area contributed by atoms with Crippen molar-refractivity contribution in [1.82, 2.24) is 4.98 Å². The number of nitrogens with zero attached hydrogens (tertiary/aromatic N) is 2. The Morgan fingerprint density at radius 3 is 2.44 bits per heavy atom. The lowest BCUT2D eigenvalue weighted by Crippen LogP contribution is -2.06. The predicted octanol–water partition coefficient (Wildman–Crippen LogP) is 3.71. The molecule has 0 fully saturated rings. The zero-order valence-corrected chi connectivity index (χ0v) is 11.4. The van der Waals surface area contributed by atoms with E-state index in [1.165, 1.54) is 0 Å². The number of pyridine rings is 1. The molecule has 0 aliphatic carbocycles. The van der Waals surface area contributed by atoms with Crippen molar-refractivity contribution in [3.05, 3.63) is 23.0 Å². The van der Waals surface area contributed by atoms with Crippen LogP contribution in [-0.4, -0.2) is 10.2 Å². The maximum absolute atomic E-state index is 9.14. The lowest BCUT2D eigenvalue weighted by molar-refractivity contribution is 0.642. The molecule has 1 aromatic rings. The van der Waals surface area contributed by atoms with Crippen molar-refractivity contribution in [3.8, 4) is 6.07 Å². The monoisotopic (exact) mass is 234 g/mol. The van der Waals surface area contributed by atoms with Crippen molar-refractivity contribution >= 4 is 11.8 Å². The van der Waals surface area contributed by atoms with Gasteiger partial charge in [-0.1, -0.05) is 20.8 Å². The SMILES string of the molecule is Cc1cc(SC(C)C(C)C)c(C#N)c(C)n1. The summed E-state index contributed by atoms with van der Waals surface area (Å²) in [5.41, 5.74) is 2.54. The van der Waals surface area contributed by atoms with Gasteiger partial charge in [-0.25, -0.2) is 0 Å². The van der Waals surface area contributed by atoms with Crippen LogP contribution < -0.4 is 0 Å². The maximum Gasteiger partial charge on any atom is 0.102 e. The first-order chi connectivity index (χ1) is 7.45. The third kappa shape index (κ3) is 2.99. The second-order valence-corrected chi connectivity index (χ2v) is 5.82. The zero-order chi connectivity index (χ0) is 12.3. The molecule has 1 aromatic heterocycles. The van der Waals surface area contributed by atoms with E-state index in [0.717, 1.165) is 21.8 Å². The van der Waals surface area contributed by atoms with E-state index >= 15 is 0 Å². The zero-order valence-electron chi connectivity index (χ0n) is 10.5. The number of hydrogen-bond donors (Lipinski definition) is 0. The fourth-order valence-electron chi connectivity index (χ4n) is 1.36. The molecule has 1 atom stereocenters. The molecule has 16 heavy (non-hydrogen) atoms. The topological polar surface area (TPSA) is 36.7 Å². The molecule has 1 heterocycles. The largest absolute Gasteiger partial charge is 0.257 e. The summed E-state index contributed by atoms with van der Waals surface area (Å²) in [7, 11) is 0. The molecule has 0 bridgehead atoms. The smallest absolute Gasteiger partial charge is 0.102 e. The molecule has 2 nitrogen and oxygen atoms in total. The van der Waals surface area contributed by atoms with Crippen molar-refractivity contribution in [3.63, 3.8) is 0 Å². The van der Waals surface area contributed by atoms with Crippen LogP contribution in [0.5, 0.6) is 0 Å². The maximum atomic E-state index is 9.14. The van der Waals surface area contributed by atoms with Crippen LogP contribution in [0.25, 0.3) is 0 Å². The second kappa shape index (κ2) is 5.36. The van der Waals surface area contributed by atoms with E-state index in [1.807, 2.05) is 19.9 Å². The normalized spacial score (nSPS) is 12.6. The fourth-order valence-corrected chi connectivity index (χ4v) is 2.58. The van der Waals surface area contributed by atoms with Gasteiger partial charge in [0, 0.05) is 15.8 Å². The molecule has 86 valence electrons. The number of rotatable bonds is 3. The standard InChI is InChI=1S/C13H18N2S/c1-8(2)11(5)16-13-6-9(3)15-10(4)12(13)7-14/h6,8,11H,1-5H3. The van der Waals surface area contributed by atoms with Gasteiger partial charge < -0.3 is 0 Å². The van der Waals surface area contributed by atoms with Gasteiger partial charge in [0.1, 0.15) is 6.07 Å². The molecular weight excluding hydrogens is 216 g/mol. The summed E-state index contributed by atoms with van der Waals surface area (Å²) in [5, 5.41) is 9.65. The minimum absolute atomic E-state index is 0.508. The summed E-state index contributed by atoms with van der Waals surface area (Å²) in [6.45, 7) is 10.5. The number of thioether (sulfide) groups is 1. The number of aryl methyl sites for hydroxylation is 2. The second-order valence-electron chi connectivity index (χ2n) is 4.40. The van der Waals surface area contributed by atoms with Crippen LogP contribution in [0.1, 0.15) is 37.7 Å². The van der Waals surface area contributed by atoms with Gasteiger partial charge in [-0.15, -0.1) is 11.8 Å². The first-order valence-corrected chi connectivity index (χ1v) is 6.38. The highest BCUT2D eigenvalue weighted by Gasteiger charge is 2.14.